The number of oxazole rings is 1. The smallest absolute Gasteiger partial charge is 0.197 e. The van der Waals surface area contributed by atoms with Gasteiger partial charge in [0.05, 0.1) is 24.9 Å². The third-order valence-electron chi connectivity index (χ3n) is 9.61. The van der Waals surface area contributed by atoms with Crippen molar-refractivity contribution < 1.29 is 14.0 Å². The molecule has 0 amide bonds. The molecular formula is C25H37N3O3. The number of ketones is 1. The van der Waals surface area contributed by atoms with Crippen molar-refractivity contribution in [3.05, 3.63) is 17.8 Å². The van der Waals surface area contributed by atoms with Crippen molar-refractivity contribution in [1.29, 1.82) is 0 Å². The molecule has 1 heterocycles. The van der Waals surface area contributed by atoms with Crippen molar-refractivity contribution in [3.63, 3.8) is 0 Å². The number of fused-ring (bicyclic) bond motifs is 5. The summed E-state index contributed by atoms with van der Waals surface area (Å²) in [6.45, 7) is 5.67. The molecule has 31 heavy (non-hydrogen) atoms. The third kappa shape index (κ3) is 3.55. The molecule has 0 radical (unpaired) electrons. The van der Waals surface area contributed by atoms with Crippen molar-refractivity contribution in [3.8, 4) is 0 Å². The Morgan fingerprint density at radius 1 is 1.19 bits per heavy atom. The molecule has 6 atom stereocenters. The van der Waals surface area contributed by atoms with Gasteiger partial charge in [0.15, 0.2) is 5.89 Å². The molecule has 0 aromatic carbocycles. The van der Waals surface area contributed by atoms with E-state index in [1.54, 1.807) is 6.20 Å². The molecule has 170 valence electrons. The Balaban J connectivity index is 1.19. The van der Waals surface area contributed by atoms with Crippen molar-refractivity contribution in [2.75, 3.05) is 6.61 Å². The molecule has 6 heteroatoms. The maximum atomic E-state index is 12.6. The predicted octanol–water partition coefficient (Wildman–Crippen LogP) is 4.66. The van der Waals surface area contributed by atoms with Gasteiger partial charge in [0, 0.05) is 11.8 Å². The Morgan fingerprint density at radius 2 is 2.06 bits per heavy atom. The van der Waals surface area contributed by atoms with E-state index in [-0.39, 0.29) is 5.41 Å². The van der Waals surface area contributed by atoms with E-state index < -0.39 is 0 Å². The van der Waals surface area contributed by atoms with Gasteiger partial charge < -0.3 is 15.0 Å². The Hall–Kier alpha value is -1.69. The molecule has 4 unspecified atom stereocenters. The monoisotopic (exact) mass is 427 g/mol. The lowest BCUT2D eigenvalue weighted by molar-refractivity contribution is -0.137. The first-order valence-corrected chi connectivity index (χ1v) is 12.3. The van der Waals surface area contributed by atoms with E-state index in [9.17, 15) is 4.79 Å². The molecule has 4 fully saturated rings. The average molecular weight is 428 g/mol. The van der Waals surface area contributed by atoms with E-state index >= 15 is 0 Å². The number of carbonyl (C=O) groups excluding carboxylic acids is 1. The summed E-state index contributed by atoms with van der Waals surface area (Å²) >= 11 is 0. The summed E-state index contributed by atoms with van der Waals surface area (Å²) in [7, 11) is 0. The van der Waals surface area contributed by atoms with Gasteiger partial charge in [0.1, 0.15) is 18.2 Å². The second-order valence-corrected chi connectivity index (χ2v) is 10.9. The van der Waals surface area contributed by atoms with Gasteiger partial charge in [-0.2, -0.15) is 0 Å². The highest BCUT2D eigenvalue weighted by Crippen LogP contribution is 2.65. The molecule has 1 aromatic rings. The summed E-state index contributed by atoms with van der Waals surface area (Å²) in [5.74, 6) is 4.76. The van der Waals surface area contributed by atoms with Crippen LogP contribution in [0.2, 0.25) is 0 Å². The van der Waals surface area contributed by atoms with E-state index in [0.29, 0.717) is 54.3 Å². The molecule has 2 N–H and O–H groups in total. The number of nitrogens with zero attached hydrogens (tertiary/aromatic N) is 2. The van der Waals surface area contributed by atoms with Gasteiger partial charge >= 0.3 is 0 Å². The molecule has 4 aliphatic rings. The first kappa shape index (κ1) is 21.2. The summed E-state index contributed by atoms with van der Waals surface area (Å²) in [4.78, 5) is 22.4. The van der Waals surface area contributed by atoms with Gasteiger partial charge in [0.2, 0.25) is 0 Å². The lowest BCUT2D eigenvalue weighted by Gasteiger charge is -2.59. The number of hydrogen-bond donors (Lipinski definition) is 1. The van der Waals surface area contributed by atoms with E-state index in [2.05, 4.69) is 24.0 Å². The molecule has 0 saturated heterocycles. The zero-order valence-electron chi connectivity index (χ0n) is 19.1. The third-order valence-corrected chi connectivity index (χ3v) is 9.61. The number of carbonyl (C=O) groups is 1. The van der Waals surface area contributed by atoms with E-state index in [1.807, 2.05) is 0 Å². The van der Waals surface area contributed by atoms with Gasteiger partial charge in [-0.1, -0.05) is 19.0 Å². The predicted molar refractivity (Wildman–Crippen MR) is 118 cm³/mol. The van der Waals surface area contributed by atoms with E-state index in [0.717, 1.165) is 43.9 Å². The van der Waals surface area contributed by atoms with Crippen LogP contribution in [0.5, 0.6) is 0 Å². The Labute approximate surface area is 185 Å². The van der Waals surface area contributed by atoms with Crippen molar-refractivity contribution >= 4 is 11.5 Å². The standard InChI is InChI=1S/C25H37N3O3/c1-24-10-7-17(28-30-12-9-23-27-15-18(14-26)31-23)13-16(24)3-4-19-20-5-6-22(29)25(20,2)11-8-21(19)24/h15-16,19-21H,3-14,26H2,1-2H3/b28-17-/t16?,19?,20?,21?,24-,25-/m0/s1. The number of hydrogen-bond acceptors (Lipinski definition) is 6. The summed E-state index contributed by atoms with van der Waals surface area (Å²) < 4.78 is 5.52. The fraction of sp³-hybridized carbons (Fsp3) is 0.800. The maximum absolute atomic E-state index is 12.6. The molecule has 4 saturated carbocycles. The molecule has 1 aromatic heterocycles. The maximum Gasteiger partial charge on any atom is 0.197 e. The quantitative estimate of drug-likeness (QED) is 0.545. The topological polar surface area (TPSA) is 90.7 Å². The zero-order valence-corrected chi connectivity index (χ0v) is 19.1. The summed E-state index contributed by atoms with van der Waals surface area (Å²) in [6, 6.07) is 0. The summed E-state index contributed by atoms with van der Waals surface area (Å²) in [5.41, 5.74) is 7.15. The van der Waals surface area contributed by atoms with Crippen LogP contribution in [0.4, 0.5) is 0 Å². The molecule has 5 rings (SSSR count). The Bertz CT molecular complexity index is 864. The first-order chi connectivity index (χ1) is 14.9. The Kier molecular flexibility index (Phi) is 5.48. The summed E-state index contributed by atoms with van der Waals surface area (Å²) in [5, 5.41) is 4.50. The van der Waals surface area contributed by atoms with Crippen LogP contribution in [0.3, 0.4) is 0 Å². The van der Waals surface area contributed by atoms with Gasteiger partial charge in [-0.05, 0) is 80.5 Å². The van der Waals surface area contributed by atoms with Crippen molar-refractivity contribution in [2.24, 2.45) is 45.4 Å². The zero-order chi connectivity index (χ0) is 21.6. The number of rotatable bonds is 5. The molecular weight excluding hydrogens is 390 g/mol. The van der Waals surface area contributed by atoms with Gasteiger partial charge in [-0.25, -0.2) is 4.98 Å². The minimum Gasteiger partial charge on any atom is -0.444 e. The van der Waals surface area contributed by atoms with E-state index in [4.69, 9.17) is 15.0 Å². The molecule has 4 aliphatic carbocycles. The molecule has 0 spiro atoms. The van der Waals surface area contributed by atoms with Crippen LogP contribution in [0.25, 0.3) is 0 Å². The highest BCUT2D eigenvalue weighted by molar-refractivity contribution is 5.87. The summed E-state index contributed by atoms with van der Waals surface area (Å²) in [6.07, 6.45) is 12.5. The minimum atomic E-state index is -0.0206. The normalized spacial score (nSPS) is 41.0. The number of aromatic nitrogens is 1. The van der Waals surface area contributed by atoms with Crippen molar-refractivity contribution in [2.45, 2.75) is 84.6 Å². The van der Waals surface area contributed by atoms with Crippen LogP contribution in [-0.2, 0) is 22.6 Å². The lowest BCUT2D eigenvalue weighted by Crippen LogP contribution is -2.53. The average Bonchev–Trinajstić information content (AvgIpc) is 3.35. The minimum absolute atomic E-state index is 0.0206. The van der Waals surface area contributed by atoms with Crippen LogP contribution in [0.15, 0.2) is 15.8 Å². The van der Waals surface area contributed by atoms with Gasteiger partial charge in [0.25, 0.3) is 0 Å². The van der Waals surface area contributed by atoms with Crippen LogP contribution >= 0.6 is 0 Å². The Morgan fingerprint density at radius 3 is 2.87 bits per heavy atom. The van der Waals surface area contributed by atoms with Crippen LogP contribution in [-0.4, -0.2) is 23.1 Å². The fourth-order valence-electron chi connectivity index (χ4n) is 7.74. The highest BCUT2D eigenvalue weighted by Gasteiger charge is 2.60. The molecule has 0 bridgehead atoms. The van der Waals surface area contributed by atoms with E-state index in [1.165, 1.54) is 31.4 Å². The second-order valence-electron chi connectivity index (χ2n) is 10.9. The fourth-order valence-corrected chi connectivity index (χ4v) is 7.74. The molecule has 0 aliphatic heterocycles. The number of Topliss-reactive ketones (excluding diaryl/α,β-unsaturated/α-hetero) is 1. The van der Waals surface area contributed by atoms with Crippen LogP contribution < -0.4 is 5.73 Å². The van der Waals surface area contributed by atoms with Crippen LogP contribution in [0.1, 0.15) is 83.3 Å². The van der Waals surface area contributed by atoms with Crippen molar-refractivity contribution in [1.82, 2.24) is 4.98 Å². The van der Waals surface area contributed by atoms with Gasteiger partial charge in [-0.15, -0.1) is 0 Å². The number of oxime groups is 1. The largest absolute Gasteiger partial charge is 0.444 e. The first-order valence-electron chi connectivity index (χ1n) is 12.3. The van der Waals surface area contributed by atoms with Crippen LogP contribution in [0, 0.1) is 34.5 Å². The molecule has 6 nitrogen and oxygen atoms in total. The lowest BCUT2D eigenvalue weighted by atomic mass is 9.45. The second kappa shape index (κ2) is 8.02. The van der Waals surface area contributed by atoms with Gasteiger partial charge in [-0.3, -0.25) is 4.79 Å². The SMILES string of the molecule is C[C@]12CC/C(=N/OCCc3ncc(CN)o3)CC1CCC1C2CC[C@]2(C)C(=O)CCC12. The highest BCUT2D eigenvalue weighted by atomic mass is 16.6. The number of nitrogens with two attached hydrogens (primary N) is 1.